The normalized spacial score (nSPS) is 11.9. The highest BCUT2D eigenvalue weighted by atomic mass is 79.9. The monoisotopic (exact) mass is 808 g/mol. The average Bonchev–Trinajstić information content (AvgIpc) is 3.69. The number of nitrogens with zero attached hydrogens (tertiary/aromatic N) is 6. The van der Waals surface area contributed by atoms with E-state index in [-0.39, 0.29) is 11.6 Å². The number of hydrogen-bond donors (Lipinski definition) is 1. The maximum absolute atomic E-state index is 9.21. The molecule has 1 N–H and O–H groups in total. The van der Waals surface area contributed by atoms with Gasteiger partial charge in [-0.3, -0.25) is 0 Å². The van der Waals surface area contributed by atoms with Crippen molar-refractivity contribution in [2.24, 2.45) is 0 Å². The largest absolute Gasteiger partial charge is 0.493 e. The van der Waals surface area contributed by atoms with Gasteiger partial charge in [-0.2, -0.15) is 10.2 Å². The third-order valence-corrected chi connectivity index (χ3v) is 13.8. The summed E-state index contributed by atoms with van der Waals surface area (Å²) in [7, 11) is -1.82. The molecule has 0 aliphatic rings. The zero-order valence-electron chi connectivity index (χ0n) is 28.9. The van der Waals surface area contributed by atoms with Gasteiger partial charge in [0.1, 0.15) is 11.5 Å². The molecule has 0 amide bonds. The first-order chi connectivity index (χ1) is 23.3. The second-order valence-electron chi connectivity index (χ2n) is 12.8. The first kappa shape index (κ1) is 36.7. The van der Waals surface area contributed by atoms with E-state index in [0.717, 1.165) is 53.8 Å². The van der Waals surface area contributed by atoms with E-state index in [1.165, 1.54) is 0 Å². The van der Waals surface area contributed by atoms with Crippen LogP contribution in [0.1, 0.15) is 46.0 Å². The van der Waals surface area contributed by atoms with E-state index in [9.17, 15) is 5.11 Å². The van der Waals surface area contributed by atoms with Crippen LogP contribution in [0.3, 0.4) is 0 Å². The minimum atomic E-state index is -1.82. The van der Waals surface area contributed by atoms with Crippen molar-refractivity contribution in [3.8, 4) is 23.1 Å². The van der Waals surface area contributed by atoms with Crippen molar-refractivity contribution in [3.63, 3.8) is 0 Å². The van der Waals surface area contributed by atoms with Crippen molar-refractivity contribution in [1.29, 1.82) is 0 Å². The molecule has 0 aliphatic heterocycles. The van der Waals surface area contributed by atoms with E-state index in [2.05, 4.69) is 80.9 Å². The average molecular weight is 811 g/mol. The van der Waals surface area contributed by atoms with Crippen LogP contribution in [-0.2, 0) is 17.6 Å². The van der Waals surface area contributed by atoms with Crippen LogP contribution in [0.5, 0.6) is 11.5 Å². The molecule has 6 rings (SSSR count). The van der Waals surface area contributed by atoms with E-state index in [1.807, 2.05) is 79.3 Å². The molecule has 13 heteroatoms. The molecule has 0 radical (unpaired) electrons. The van der Waals surface area contributed by atoms with Gasteiger partial charge < -0.3 is 19.0 Å². The number of halogens is 2. The Labute approximate surface area is 304 Å². The lowest BCUT2D eigenvalue weighted by molar-refractivity contribution is 0.272. The van der Waals surface area contributed by atoms with Gasteiger partial charge in [0.25, 0.3) is 0 Å². The van der Waals surface area contributed by atoms with Crippen LogP contribution in [-0.4, -0.2) is 56.2 Å². The number of pyridine rings is 2. The number of aliphatic hydroxyl groups excluding tert-OH is 1. The zero-order chi connectivity index (χ0) is 35.3. The van der Waals surface area contributed by atoms with Gasteiger partial charge in [0.05, 0.1) is 72.0 Å². The number of hydrogen-bond acceptors (Lipinski definition) is 8. The van der Waals surface area contributed by atoms with Crippen molar-refractivity contribution in [2.75, 3.05) is 13.2 Å². The third kappa shape index (κ3) is 8.40. The van der Waals surface area contributed by atoms with Crippen LogP contribution in [0.15, 0.2) is 82.0 Å². The lowest BCUT2D eigenvalue weighted by atomic mass is 10.2. The van der Waals surface area contributed by atoms with Gasteiger partial charge >= 0.3 is 0 Å². The van der Waals surface area contributed by atoms with E-state index in [4.69, 9.17) is 18.9 Å². The summed E-state index contributed by atoms with van der Waals surface area (Å²) in [5.74, 6) is 3.03. The summed E-state index contributed by atoms with van der Waals surface area (Å²) in [4.78, 5) is 9.18. The predicted octanol–water partition coefficient (Wildman–Crippen LogP) is 9.18. The van der Waals surface area contributed by atoms with Crippen LogP contribution < -0.4 is 9.47 Å². The van der Waals surface area contributed by atoms with Gasteiger partial charge in [0.2, 0.25) is 0 Å². The van der Waals surface area contributed by atoms with Gasteiger partial charge in [-0.1, -0.05) is 64.8 Å². The molecule has 6 aromatic rings. The highest BCUT2D eigenvalue weighted by Crippen LogP contribution is 2.37. The van der Waals surface area contributed by atoms with Crippen molar-refractivity contribution < 1.29 is 19.0 Å². The van der Waals surface area contributed by atoms with Gasteiger partial charge in [0.15, 0.2) is 20.0 Å². The molecule has 0 saturated carbocycles. The molecule has 0 spiro atoms. The molecule has 49 heavy (non-hydrogen) atoms. The molecular formula is C36H42Br2N6O4Si. The number of rotatable bonds is 10. The van der Waals surface area contributed by atoms with Crippen molar-refractivity contribution >= 4 is 62.0 Å². The fourth-order valence-electron chi connectivity index (χ4n) is 4.85. The van der Waals surface area contributed by atoms with Gasteiger partial charge in [-0.25, -0.2) is 19.3 Å². The summed E-state index contributed by atoms with van der Waals surface area (Å²) in [6.07, 6.45) is 3.59. The Balaban J connectivity index is 0.000000199. The van der Waals surface area contributed by atoms with E-state index in [0.29, 0.717) is 31.3 Å². The molecule has 0 aliphatic carbocycles. The summed E-state index contributed by atoms with van der Waals surface area (Å²) in [6.45, 7) is 16.8. The van der Waals surface area contributed by atoms with Crippen LogP contribution in [0, 0.1) is 0 Å². The molecule has 4 aromatic heterocycles. The Morgan fingerprint density at radius 2 is 1.20 bits per heavy atom. The number of benzene rings is 2. The Kier molecular flexibility index (Phi) is 11.6. The number of fused-ring (bicyclic) bond motifs is 2. The second-order valence-corrected chi connectivity index (χ2v) is 19.5. The predicted molar refractivity (Wildman–Crippen MR) is 203 cm³/mol. The SMILES string of the molecule is CCOc1cc(Br)cc2c1cnn2-c1cccc(CO)n1.CCOc1cc(Br)cc2c1cnn2-c1cccc(CO[Si](C)(C)C(C)(C)C)n1. The lowest BCUT2D eigenvalue weighted by Gasteiger charge is -2.36. The fourth-order valence-corrected chi connectivity index (χ4v) is 6.64. The standard InChI is InChI=1S/C21H28BrN3O2Si.C15H14BrN3O2/c1-7-26-19-12-15(22)11-18-17(19)13-23-25(18)20-10-8-9-16(24-20)14-27-28(5,6)21(2,3)4;1-2-21-14-7-10(16)6-13-12(14)8-17-19(13)15-5-3-4-11(9-20)18-15/h8-13H,7,14H2,1-6H3;3-8,20H,2,9H2,1H3. The zero-order valence-corrected chi connectivity index (χ0v) is 33.0. The minimum Gasteiger partial charge on any atom is -0.493 e. The fraction of sp³-hybridized carbons (Fsp3) is 0.333. The summed E-state index contributed by atoms with van der Waals surface area (Å²) >= 11 is 7.06. The Morgan fingerprint density at radius 1 is 0.735 bits per heavy atom. The Morgan fingerprint density at radius 3 is 1.65 bits per heavy atom. The first-order valence-electron chi connectivity index (χ1n) is 16.1. The number of aliphatic hydroxyl groups is 1. The molecular weight excluding hydrogens is 768 g/mol. The molecule has 0 unspecified atom stereocenters. The Bertz CT molecular complexity index is 2060. The van der Waals surface area contributed by atoms with Crippen LogP contribution in [0.25, 0.3) is 33.4 Å². The minimum absolute atomic E-state index is 0.0963. The molecule has 0 bridgehead atoms. The molecule has 10 nitrogen and oxygen atoms in total. The first-order valence-corrected chi connectivity index (χ1v) is 20.6. The highest BCUT2D eigenvalue weighted by molar-refractivity contribution is 9.10. The molecule has 0 fully saturated rings. The number of ether oxygens (including phenoxy) is 2. The van der Waals surface area contributed by atoms with Crippen LogP contribution >= 0.6 is 31.9 Å². The topological polar surface area (TPSA) is 109 Å². The molecule has 258 valence electrons. The van der Waals surface area contributed by atoms with Gasteiger partial charge in [-0.05, 0) is 80.5 Å². The van der Waals surface area contributed by atoms with Gasteiger partial charge in [-0.15, -0.1) is 0 Å². The van der Waals surface area contributed by atoms with Gasteiger partial charge in [0, 0.05) is 8.95 Å². The van der Waals surface area contributed by atoms with Crippen LogP contribution in [0.4, 0.5) is 0 Å². The lowest BCUT2D eigenvalue weighted by Crippen LogP contribution is -2.40. The smallest absolute Gasteiger partial charge is 0.192 e. The third-order valence-electron chi connectivity index (χ3n) is 8.40. The molecule has 0 atom stereocenters. The van der Waals surface area contributed by atoms with Crippen molar-refractivity contribution in [2.45, 2.75) is 66.0 Å². The van der Waals surface area contributed by atoms with Crippen molar-refractivity contribution in [1.82, 2.24) is 29.5 Å². The second kappa shape index (κ2) is 15.5. The number of aromatic nitrogens is 6. The van der Waals surface area contributed by atoms with Crippen LogP contribution in [0.2, 0.25) is 18.1 Å². The Hall–Kier alpha value is -3.62. The summed E-state index contributed by atoms with van der Waals surface area (Å²) < 4.78 is 23.2. The summed E-state index contributed by atoms with van der Waals surface area (Å²) in [5.41, 5.74) is 3.37. The van der Waals surface area contributed by atoms with Crippen molar-refractivity contribution in [3.05, 3.63) is 93.4 Å². The maximum atomic E-state index is 9.21. The quantitative estimate of drug-likeness (QED) is 0.137. The molecule has 2 aromatic carbocycles. The maximum Gasteiger partial charge on any atom is 0.192 e. The van der Waals surface area contributed by atoms with E-state index < -0.39 is 8.32 Å². The van der Waals surface area contributed by atoms with E-state index in [1.54, 1.807) is 16.9 Å². The highest BCUT2D eigenvalue weighted by Gasteiger charge is 2.37. The molecule has 0 saturated heterocycles. The summed E-state index contributed by atoms with van der Waals surface area (Å²) in [6, 6.07) is 19.3. The molecule has 4 heterocycles. The van der Waals surface area contributed by atoms with E-state index >= 15 is 0 Å². The summed E-state index contributed by atoms with van der Waals surface area (Å²) in [5, 5.41) is 20.2.